The number of carbonyl (C=O) groups excluding carboxylic acids is 2. The molecule has 1 aromatic rings. The fraction of sp³-hybridized carbons (Fsp3) is 0.579. The predicted molar refractivity (Wildman–Crippen MR) is 96.5 cm³/mol. The first kappa shape index (κ1) is 18.2. The van der Waals surface area contributed by atoms with E-state index in [9.17, 15) is 9.59 Å². The molecule has 1 saturated carbocycles. The van der Waals surface area contributed by atoms with Gasteiger partial charge in [0, 0.05) is 25.6 Å². The lowest BCUT2D eigenvalue weighted by Gasteiger charge is -2.35. The van der Waals surface area contributed by atoms with Crippen LogP contribution in [0.4, 0.5) is 0 Å². The molecule has 136 valence electrons. The normalized spacial score (nSPS) is 19.5. The first-order chi connectivity index (χ1) is 12.1. The molecule has 0 aromatic heterocycles. The third-order valence-electron chi connectivity index (χ3n) is 5.33. The van der Waals surface area contributed by atoms with Gasteiger partial charge in [-0.15, -0.1) is 0 Å². The lowest BCUT2D eigenvalue weighted by Crippen LogP contribution is -2.44. The smallest absolute Gasteiger partial charge is 0.298 e. The molecule has 1 atom stereocenters. The number of para-hydroxylation sites is 1. The number of nitrogens with zero attached hydrogens (tertiary/aromatic N) is 1. The molecule has 1 aromatic carbocycles. The van der Waals surface area contributed by atoms with Crippen LogP contribution in [0.15, 0.2) is 18.2 Å². The Morgan fingerprint density at radius 2 is 2.04 bits per heavy atom. The molecule has 2 aliphatic rings. The van der Waals surface area contributed by atoms with Crippen molar-refractivity contribution in [3.05, 3.63) is 28.8 Å². The number of nitrogens with two attached hydrogens (primary N) is 1. The minimum absolute atomic E-state index is 0.0480. The van der Waals surface area contributed by atoms with Crippen molar-refractivity contribution >= 4 is 24.0 Å². The fourth-order valence-corrected chi connectivity index (χ4v) is 3.83. The van der Waals surface area contributed by atoms with Gasteiger partial charge in [0.1, 0.15) is 0 Å². The molecule has 6 heteroatoms. The molecule has 1 unspecified atom stereocenters. The van der Waals surface area contributed by atoms with Crippen molar-refractivity contribution in [2.24, 2.45) is 17.6 Å². The number of rotatable bonds is 7. The zero-order chi connectivity index (χ0) is 17.8. The highest BCUT2D eigenvalue weighted by Gasteiger charge is 2.31. The summed E-state index contributed by atoms with van der Waals surface area (Å²) in [6, 6.07) is 5.37. The van der Waals surface area contributed by atoms with Crippen LogP contribution in [0.25, 0.3) is 0 Å². The van der Waals surface area contributed by atoms with Crippen molar-refractivity contribution in [3.8, 4) is 5.75 Å². The van der Waals surface area contributed by atoms with E-state index in [0.29, 0.717) is 47.8 Å². The average molecular weight is 365 g/mol. The van der Waals surface area contributed by atoms with Gasteiger partial charge in [-0.3, -0.25) is 9.59 Å². The Bertz CT molecular complexity index is 625. The molecule has 1 aliphatic heterocycles. The molecular weight excluding hydrogens is 340 g/mol. The van der Waals surface area contributed by atoms with Gasteiger partial charge in [-0.1, -0.05) is 23.7 Å². The van der Waals surface area contributed by atoms with Gasteiger partial charge in [-0.2, -0.15) is 0 Å². The van der Waals surface area contributed by atoms with E-state index >= 15 is 0 Å². The summed E-state index contributed by atoms with van der Waals surface area (Å²) in [5, 5.41) is 0.414. The Kier molecular flexibility index (Phi) is 5.97. The third kappa shape index (κ3) is 4.73. The topological polar surface area (TPSA) is 72.6 Å². The van der Waals surface area contributed by atoms with Crippen molar-refractivity contribution in [2.75, 3.05) is 13.1 Å². The van der Waals surface area contributed by atoms with Crippen LogP contribution in [-0.2, 0) is 16.0 Å². The highest BCUT2D eigenvalue weighted by atomic mass is 35.5. The first-order valence-electron chi connectivity index (χ1n) is 8.99. The summed E-state index contributed by atoms with van der Waals surface area (Å²) in [5.41, 5.74) is 7.26. The number of hydrogen-bond acceptors (Lipinski definition) is 4. The molecule has 25 heavy (non-hydrogen) atoms. The molecule has 2 fully saturated rings. The number of piperidine rings is 1. The lowest BCUT2D eigenvalue weighted by molar-refractivity contribution is -0.133. The second-order valence-electron chi connectivity index (χ2n) is 7.18. The van der Waals surface area contributed by atoms with Crippen LogP contribution in [0.2, 0.25) is 5.02 Å². The summed E-state index contributed by atoms with van der Waals surface area (Å²) in [5.74, 6) is 1.68. The van der Waals surface area contributed by atoms with Crippen LogP contribution in [-0.4, -0.2) is 36.4 Å². The maximum absolute atomic E-state index is 12.2. The Labute approximate surface area is 153 Å². The van der Waals surface area contributed by atoms with E-state index in [1.807, 2.05) is 17.0 Å². The van der Waals surface area contributed by atoms with Crippen LogP contribution >= 0.6 is 11.6 Å². The maximum Gasteiger partial charge on any atom is 0.298 e. The molecule has 1 amide bonds. The molecule has 5 nitrogen and oxygen atoms in total. The highest BCUT2D eigenvalue weighted by molar-refractivity contribution is 6.32. The summed E-state index contributed by atoms with van der Waals surface area (Å²) < 4.78 is 5.03. The summed E-state index contributed by atoms with van der Waals surface area (Å²) in [7, 11) is 0. The minimum atomic E-state index is -0.0480. The van der Waals surface area contributed by atoms with Crippen LogP contribution < -0.4 is 10.5 Å². The second-order valence-corrected chi connectivity index (χ2v) is 7.58. The van der Waals surface area contributed by atoms with E-state index in [-0.39, 0.29) is 6.04 Å². The zero-order valence-corrected chi connectivity index (χ0v) is 15.1. The SMILES string of the molecule is NC(Cc1cccc(Cl)c1OC=O)C1CCN(C(=O)CC2CC2)CC1. The molecule has 1 saturated heterocycles. The molecule has 1 aliphatic carbocycles. The van der Waals surface area contributed by atoms with E-state index in [1.165, 1.54) is 12.8 Å². The summed E-state index contributed by atoms with van der Waals surface area (Å²) >= 11 is 6.11. The van der Waals surface area contributed by atoms with Crippen molar-refractivity contribution in [3.63, 3.8) is 0 Å². The molecule has 0 radical (unpaired) electrons. The van der Waals surface area contributed by atoms with E-state index in [1.54, 1.807) is 6.07 Å². The summed E-state index contributed by atoms with van der Waals surface area (Å²) in [6.07, 6.45) is 5.57. The van der Waals surface area contributed by atoms with E-state index in [4.69, 9.17) is 22.1 Å². The lowest BCUT2D eigenvalue weighted by atomic mass is 9.86. The van der Waals surface area contributed by atoms with Crippen LogP contribution in [0.1, 0.15) is 37.7 Å². The van der Waals surface area contributed by atoms with Gasteiger partial charge in [0.2, 0.25) is 5.91 Å². The molecule has 2 N–H and O–H groups in total. The van der Waals surface area contributed by atoms with E-state index in [2.05, 4.69) is 0 Å². The molecule has 0 spiro atoms. The summed E-state index contributed by atoms with van der Waals surface area (Å²) in [6.45, 7) is 1.97. The first-order valence-corrected chi connectivity index (χ1v) is 9.37. The van der Waals surface area contributed by atoms with Crippen LogP contribution in [0, 0.1) is 11.8 Å². The van der Waals surface area contributed by atoms with Crippen LogP contribution in [0.5, 0.6) is 5.75 Å². The van der Waals surface area contributed by atoms with Gasteiger partial charge in [-0.05, 0) is 55.6 Å². The van der Waals surface area contributed by atoms with E-state index in [0.717, 1.165) is 31.5 Å². The minimum Gasteiger partial charge on any atom is -0.427 e. The largest absolute Gasteiger partial charge is 0.427 e. The van der Waals surface area contributed by atoms with Gasteiger partial charge in [0.25, 0.3) is 6.47 Å². The van der Waals surface area contributed by atoms with Gasteiger partial charge in [-0.25, -0.2) is 0 Å². The molecule has 3 rings (SSSR count). The van der Waals surface area contributed by atoms with Gasteiger partial charge < -0.3 is 15.4 Å². The van der Waals surface area contributed by atoms with Crippen molar-refractivity contribution in [1.29, 1.82) is 0 Å². The molecule has 0 bridgehead atoms. The highest BCUT2D eigenvalue weighted by Crippen LogP contribution is 2.34. The van der Waals surface area contributed by atoms with Gasteiger partial charge in [0.05, 0.1) is 5.02 Å². The maximum atomic E-state index is 12.2. The standard InChI is InChI=1S/C19H25ClN2O3/c20-16-3-1-2-15(19(16)25-12-23)11-17(21)14-6-8-22(9-7-14)18(24)10-13-4-5-13/h1-3,12-14,17H,4-11,21H2. The number of ether oxygens (including phenoxy) is 1. The van der Waals surface area contributed by atoms with Crippen molar-refractivity contribution < 1.29 is 14.3 Å². The average Bonchev–Trinajstić information content (AvgIpc) is 3.42. The Hall–Kier alpha value is -1.59. The number of amides is 1. The predicted octanol–water partition coefficient (Wildman–Crippen LogP) is 2.78. The number of carbonyl (C=O) groups is 2. The molecule has 1 heterocycles. The quantitative estimate of drug-likeness (QED) is 0.755. The molecular formula is C19H25ClN2O3. The Balaban J connectivity index is 1.54. The van der Waals surface area contributed by atoms with Gasteiger partial charge >= 0.3 is 0 Å². The zero-order valence-electron chi connectivity index (χ0n) is 14.3. The van der Waals surface area contributed by atoms with Crippen molar-refractivity contribution in [2.45, 2.75) is 44.6 Å². The number of hydrogen-bond donors (Lipinski definition) is 1. The van der Waals surface area contributed by atoms with E-state index < -0.39 is 0 Å². The van der Waals surface area contributed by atoms with Gasteiger partial charge in [0.15, 0.2) is 5.75 Å². The van der Waals surface area contributed by atoms with Crippen LogP contribution in [0.3, 0.4) is 0 Å². The third-order valence-corrected chi connectivity index (χ3v) is 5.63. The Morgan fingerprint density at radius 3 is 2.68 bits per heavy atom. The number of likely N-dealkylation sites (tertiary alicyclic amines) is 1. The summed E-state index contributed by atoms with van der Waals surface area (Å²) in [4.78, 5) is 24.9. The number of halogens is 1. The number of benzene rings is 1. The second kappa shape index (κ2) is 8.19. The fourth-order valence-electron chi connectivity index (χ4n) is 3.59. The van der Waals surface area contributed by atoms with Crippen molar-refractivity contribution in [1.82, 2.24) is 4.90 Å². The monoisotopic (exact) mass is 364 g/mol. The Morgan fingerprint density at radius 1 is 1.32 bits per heavy atom.